The molecule has 1 saturated carbocycles. The number of pyridine rings is 1. The maximum absolute atomic E-state index is 12.8. The fraction of sp³-hybridized carbons (Fsp3) is 0.533. The number of hydrogen-bond acceptors (Lipinski definition) is 5. The van der Waals surface area contributed by atoms with E-state index in [2.05, 4.69) is 10.3 Å². The molecule has 7 heteroatoms. The van der Waals surface area contributed by atoms with Gasteiger partial charge in [-0.25, -0.2) is 0 Å². The Morgan fingerprint density at radius 3 is 2.95 bits per heavy atom. The van der Waals surface area contributed by atoms with Crippen LogP contribution in [0.1, 0.15) is 18.4 Å². The van der Waals surface area contributed by atoms with E-state index in [0.717, 1.165) is 12.0 Å². The van der Waals surface area contributed by atoms with Crippen LogP contribution in [-0.4, -0.2) is 45.9 Å². The van der Waals surface area contributed by atoms with Crippen molar-refractivity contribution in [1.29, 1.82) is 0 Å². The number of carbonyl (C=O) groups excluding carboxylic acids is 1. The molecule has 0 radical (unpaired) electrons. The van der Waals surface area contributed by atoms with E-state index in [1.165, 1.54) is 0 Å². The molecule has 1 amide bonds. The van der Waals surface area contributed by atoms with Crippen LogP contribution >= 0.6 is 12.2 Å². The number of nitrogens with zero attached hydrogens (tertiary/aromatic N) is 2. The Balaban J connectivity index is 1.53. The van der Waals surface area contributed by atoms with E-state index in [9.17, 15) is 4.79 Å². The quantitative estimate of drug-likeness (QED) is 0.814. The monoisotopic (exact) mass is 319 g/mol. The smallest absolute Gasteiger partial charge is 0.234 e. The standard InChI is InChI=1S/C15H17N3O3S/c19-14-10-4-12-13(21-8-20-12)5-11(10)17-15(22)18(14)7-9-2-1-3-16-6-9/h1-3,6,10-13H,4-5,7-8H2,(H,17,22). The first kappa shape index (κ1) is 14.0. The van der Waals surface area contributed by atoms with E-state index < -0.39 is 0 Å². The van der Waals surface area contributed by atoms with E-state index in [4.69, 9.17) is 21.7 Å². The minimum atomic E-state index is -0.105. The van der Waals surface area contributed by atoms with Crippen LogP contribution in [0.2, 0.25) is 0 Å². The van der Waals surface area contributed by atoms with Crippen LogP contribution in [0.5, 0.6) is 0 Å². The molecule has 116 valence electrons. The molecular formula is C15H17N3O3S. The van der Waals surface area contributed by atoms with Gasteiger partial charge in [0.2, 0.25) is 5.91 Å². The Morgan fingerprint density at radius 1 is 1.36 bits per heavy atom. The maximum atomic E-state index is 12.8. The van der Waals surface area contributed by atoms with Gasteiger partial charge in [-0.1, -0.05) is 6.07 Å². The largest absolute Gasteiger partial charge is 0.359 e. The number of thiocarbonyl (C=S) groups is 1. The van der Waals surface area contributed by atoms with Crippen LogP contribution in [-0.2, 0) is 20.8 Å². The summed E-state index contributed by atoms with van der Waals surface area (Å²) in [5.41, 5.74) is 0.965. The lowest BCUT2D eigenvalue weighted by Gasteiger charge is -2.44. The topological polar surface area (TPSA) is 63.7 Å². The molecule has 4 atom stereocenters. The summed E-state index contributed by atoms with van der Waals surface area (Å²) < 4.78 is 11.1. The first-order valence-corrected chi connectivity index (χ1v) is 7.87. The number of ether oxygens (including phenoxy) is 2. The molecule has 0 bridgehead atoms. The third kappa shape index (κ3) is 2.39. The Morgan fingerprint density at radius 2 is 2.18 bits per heavy atom. The van der Waals surface area contributed by atoms with Crippen LogP contribution < -0.4 is 5.32 Å². The van der Waals surface area contributed by atoms with Crippen molar-refractivity contribution in [3.63, 3.8) is 0 Å². The highest BCUT2D eigenvalue weighted by atomic mass is 32.1. The first-order valence-electron chi connectivity index (χ1n) is 7.46. The lowest BCUT2D eigenvalue weighted by atomic mass is 9.79. The van der Waals surface area contributed by atoms with Gasteiger partial charge in [0.15, 0.2) is 5.11 Å². The molecule has 1 N–H and O–H groups in total. The highest BCUT2D eigenvalue weighted by Crippen LogP contribution is 2.35. The zero-order chi connectivity index (χ0) is 15.1. The molecule has 1 aromatic rings. The Kier molecular flexibility index (Phi) is 3.56. The van der Waals surface area contributed by atoms with Crippen LogP contribution in [0.4, 0.5) is 0 Å². The summed E-state index contributed by atoms with van der Waals surface area (Å²) in [4.78, 5) is 18.6. The minimum absolute atomic E-state index is 0.0268. The lowest BCUT2D eigenvalue weighted by Crippen LogP contribution is -2.63. The molecule has 3 aliphatic rings. The van der Waals surface area contributed by atoms with Gasteiger partial charge in [0, 0.05) is 18.4 Å². The number of nitrogens with one attached hydrogen (secondary N) is 1. The predicted octanol–water partition coefficient (Wildman–Crippen LogP) is 0.818. The number of rotatable bonds is 2. The Bertz CT molecular complexity index is 597. The van der Waals surface area contributed by atoms with Crippen molar-refractivity contribution in [2.24, 2.45) is 5.92 Å². The first-order chi connectivity index (χ1) is 10.7. The molecule has 1 aromatic heterocycles. The summed E-state index contributed by atoms with van der Waals surface area (Å²) in [6.07, 6.45) is 5.03. The molecule has 4 rings (SSSR count). The van der Waals surface area contributed by atoms with Gasteiger partial charge < -0.3 is 14.8 Å². The second-order valence-corrected chi connectivity index (χ2v) is 6.33. The Hall–Kier alpha value is -1.57. The molecule has 4 unspecified atom stereocenters. The summed E-state index contributed by atoms with van der Waals surface area (Å²) >= 11 is 5.39. The van der Waals surface area contributed by atoms with Crippen molar-refractivity contribution in [2.45, 2.75) is 37.6 Å². The second kappa shape index (κ2) is 5.57. The third-order valence-corrected chi connectivity index (χ3v) is 4.98. The van der Waals surface area contributed by atoms with E-state index in [0.29, 0.717) is 24.9 Å². The molecule has 2 aliphatic heterocycles. The van der Waals surface area contributed by atoms with Gasteiger partial charge in [-0.2, -0.15) is 0 Å². The highest BCUT2D eigenvalue weighted by Gasteiger charge is 2.48. The van der Waals surface area contributed by atoms with Gasteiger partial charge in [0.25, 0.3) is 0 Å². The van der Waals surface area contributed by atoms with Gasteiger partial charge >= 0.3 is 0 Å². The van der Waals surface area contributed by atoms with Gasteiger partial charge in [-0.3, -0.25) is 14.7 Å². The summed E-state index contributed by atoms with van der Waals surface area (Å²) in [6, 6.07) is 3.85. The molecule has 0 aromatic carbocycles. The Labute approximate surface area is 133 Å². The molecule has 0 spiro atoms. The molecule has 2 saturated heterocycles. The molecule has 22 heavy (non-hydrogen) atoms. The van der Waals surface area contributed by atoms with E-state index in [-0.39, 0.29) is 30.1 Å². The van der Waals surface area contributed by atoms with Crippen molar-refractivity contribution in [2.75, 3.05) is 6.79 Å². The van der Waals surface area contributed by atoms with Crippen molar-refractivity contribution >= 4 is 23.2 Å². The number of carbonyl (C=O) groups is 1. The number of hydrogen-bond donors (Lipinski definition) is 1. The van der Waals surface area contributed by atoms with Crippen LogP contribution in [0, 0.1) is 5.92 Å². The molecule has 3 fully saturated rings. The van der Waals surface area contributed by atoms with Gasteiger partial charge in [-0.05, 0) is 36.7 Å². The molecule has 6 nitrogen and oxygen atoms in total. The van der Waals surface area contributed by atoms with Crippen LogP contribution in [0.25, 0.3) is 0 Å². The summed E-state index contributed by atoms with van der Waals surface area (Å²) in [7, 11) is 0. The van der Waals surface area contributed by atoms with Crippen LogP contribution in [0.3, 0.4) is 0 Å². The zero-order valence-corrected chi connectivity index (χ0v) is 12.8. The lowest BCUT2D eigenvalue weighted by molar-refractivity contribution is -0.137. The van der Waals surface area contributed by atoms with Crippen molar-refractivity contribution in [3.8, 4) is 0 Å². The van der Waals surface area contributed by atoms with Gasteiger partial charge in [0.05, 0.1) is 24.7 Å². The normalized spacial score (nSPS) is 34.1. The fourth-order valence-corrected chi connectivity index (χ4v) is 3.80. The average molecular weight is 319 g/mol. The van der Waals surface area contributed by atoms with Gasteiger partial charge in [0.1, 0.15) is 6.79 Å². The van der Waals surface area contributed by atoms with E-state index in [1.807, 2.05) is 12.1 Å². The summed E-state index contributed by atoms with van der Waals surface area (Å²) in [5, 5.41) is 3.81. The number of aromatic nitrogens is 1. The van der Waals surface area contributed by atoms with Crippen LogP contribution in [0.15, 0.2) is 24.5 Å². The molecule has 1 aliphatic carbocycles. The molecule has 3 heterocycles. The summed E-state index contributed by atoms with van der Waals surface area (Å²) in [5.74, 6) is -0.0297. The number of amides is 1. The maximum Gasteiger partial charge on any atom is 0.234 e. The SMILES string of the molecule is O=C1C2CC3OCOC3CC2NC(=S)N1Cc1cccnc1. The fourth-order valence-electron chi connectivity index (χ4n) is 3.49. The van der Waals surface area contributed by atoms with Crippen molar-refractivity contribution in [3.05, 3.63) is 30.1 Å². The third-order valence-electron chi connectivity index (χ3n) is 4.64. The molecular weight excluding hydrogens is 302 g/mol. The summed E-state index contributed by atoms with van der Waals surface area (Å²) in [6.45, 7) is 0.778. The van der Waals surface area contributed by atoms with Gasteiger partial charge in [-0.15, -0.1) is 0 Å². The van der Waals surface area contributed by atoms with Crippen molar-refractivity contribution in [1.82, 2.24) is 15.2 Å². The van der Waals surface area contributed by atoms with Crippen molar-refractivity contribution < 1.29 is 14.3 Å². The van der Waals surface area contributed by atoms with E-state index >= 15 is 0 Å². The average Bonchev–Trinajstić information content (AvgIpc) is 2.98. The minimum Gasteiger partial charge on any atom is -0.359 e. The zero-order valence-electron chi connectivity index (χ0n) is 12.0. The van der Waals surface area contributed by atoms with E-state index in [1.54, 1.807) is 17.3 Å². The predicted molar refractivity (Wildman–Crippen MR) is 81.6 cm³/mol. The highest BCUT2D eigenvalue weighted by molar-refractivity contribution is 7.80. The second-order valence-electron chi connectivity index (χ2n) is 5.95. The number of fused-ring (bicyclic) bond motifs is 2.